The maximum absolute atomic E-state index is 11.2. The van der Waals surface area contributed by atoms with Crippen molar-refractivity contribution in [3.05, 3.63) is 35.5 Å². The van der Waals surface area contributed by atoms with Crippen LogP contribution in [0.25, 0.3) is 10.9 Å². The van der Waals surface area contributed by atoms with Crippen molar-refractivity contribution in [1.82, 2.24) is 4.98 Å². The molecule has 17 heavy (non-hydrogen) atoms. The Bertz CT molecular complexity index is 567. The molecule has 0 radical (unpaired) electrons. The lowest BCUT2D eigenvalue weighted by Gasteiger charge is -2.19. The average molecular weight is 231 g/mol. The molecule has 1 aromatic carbocycles. The van der Waals surface area contributed by atoms with Gasteiger partial charge in [-0.2, -0.15) is 0 Å². The number of hydrogen-bond acceptors (Lipinski definition) is 1. The van der Waals surface area contributed by atoms with Crippen molar-refractivity contribution in [1.29, 1.82) is 0 Å². The predicted octanol–water partition coefficient (Wildman–Crippen LogP) is 3.13. The van der Waals surface area contributed by atoms with Gasteiger partial charge in [0.15, 0.2) is 0 Å². The van der Waals surface area contributed by atoms with E-state index in [9.17, 15) is 4.79 Å². The van der Waals surface area contributed by atoms with E-state index in [1.807, 2.05) is 25.1 Å². The van der Waals surface area contributed by atoms with E-state index in [0.29, 0.717) is 6.42 Å². The third-order valence-corrected chi connectivity index (χ3v) is 3.09. The topological polar surface area (TPSA) is 53.1 Å². The zero-order valence-corrected chi connectivity index (χ0v) is 10.4. The van der Waals surface area contributed by atoms with Crippen molar-refractivity contribution in [3.8, 4) is 0 Å². The Kier molecular flexibility index (Phi) is 2.69. The number of carboxylic acids is 1. The van der Waals surface area contributed by atoms with Crippen molar-refractivity contribution in [2.75, 3.05) is 0 Å². The largest absolute Gasteiger partial charge is 0.481 e. The third-order valence-electron chi connectivity index (χ3n) is 3.09. The summed E-state index contributed by atoms with van der Waals surface area (Å²) in [4.78, 5) is 14.5. The number of carboxylic acid groups (broad SMARTS) is 1. The van der Waals surface area contributed by atoms with E-state index >= 15 is 0 Å². The van der Waals surface area contributed by atoms with Crippen LogP contribution < -0.4 is 0 Å². The molecule has 0 aliphatic carbocycles. The molecule has 2 aromatic rings. The molecule has 0 spiro atoms. The van der Waals surface area contributed by atoms with Crippen molar-refractivity contribution >= 4 is 16.9 Å². The second-order valence-electron chi connectivity index (χ2n) is 5.20. The number of nitrogens with one attached hydrogen (secondary N) is 1. The normalized spacial score (nSPS) is 11.9. The minimum absolute atomic E-state index is 0.527. The van der Waals surface area contributed by atoms with Crippen molar-refractivity contribution in [2.45, 2.75) is 27.2 Å². The molecule has 3 nitrogen and oxygen atoms in total. The van der Waals surface area contributed by atoms with Gasteiger partial charge in [0, 0.05) is 11.2 Å². The van der Waals surface area contributed by atoms with Gasteiger partial charge < -0.3 is 10.1 Å². The fourth-order valence-corrected chi connectivity index (χ4v) is 2.06. The van der Waals surface area contributed by atoms with Gasteiger partial charge in [0.05, 0.1) is 5.41 Å². The van der Waals surface area contributed by atoms with E-state index in [4.69, 9.17) is 5.11 Å². The SMILES string of the molecule is Cc1cc2cccc(CC(C)(C)C(=O)O)c2[nH]1. The van der Waals surface area contributed by atoms with Crippen LogP contribution in [0.3, 0.4) is 0 Å². The Balaban J connectivity index is 2.46. The summed E-state index contributed by atoms with van der Waals surface area (Å²) < 4.78 is 0. The van der Waals surface area contributed by atoms with Crippen LogP contribution in [0.15, 0.2) is 24.3 Å². The molecule has 0 aliphatic rings. The number of H-pyrrole nitrogens is 1. The first-order valence-corrected chi connectivity index (χ1v) is 5.71. The number of carbonyl (C=O) groups is 1. The van der Waals surface area contributed by atoms with Crippen LogP contribution in [0.2, 0.25) is 0 Å². The van der Waals surface area contributed by atoms with E-state index in [1.165, 1.54) is 0 Å². The fraction of sp³-hybridized carbons (Fsp3) is 0.357. The molecular formula is C14H17NO2. The molecule has 90 valence electrons. The first kappa shape index (κ1) is 11.7. The molecule has 0 amide bonds. The van der Waals surface area contributed by atoms with Gasteiger partial charge in [-0.1, -0.05) is 18.2 Å². The van der Waals surface area contributed by atoms with Gasteiger partial charge in [-0.15, -0.1) is 0 Å². The summed E-state index contributed by atoms with van der Waals surface area (Å²) in [5.41, 5.74) is 2.47. The number of aliphatic carboxylic acids is 1. The van der Waals surface area contributed by atoms with E-state index in [-0.39, 0.29) is 0 Å². The number of hydrogen-bond donors (Lipinski definition) is 2. The Labute approximate surface area is 100 Å². The quantitative estimate of drug-likeness (QED) is 0.852. The minimum Gasteiger partial charge on any atom is -0.481 e. The van der Waals surface area contributed by atoms with Crippen LogP contribution in [0.4, 0.5) is 0 Å². The maximum atomic E-state index is 11.2. The molecule has 0 saturated heterocycles. The molecule has 1 aromatic heterocycles. The highest BCUT2D eigenvalue weighted by Crippen LogP contribution is 2.27. The number of rotatable bonds is 3. The number of para-hydroxylation sites is 1. The van der Waals surface area contributed by atoms with Gasteiger partial charge in [-0.3, -0.25) is 4.79 Å². The maximum Gasteiger partial charge on any atom is 0.309 e. The van der Waals surface area contributed by atoms with Gasteiger partial charge >= 0.3 is 5.97 Å². The third kappa shape index (κ3) is 2.18. The summed E-state index contributed by atoms with van der Waals surface area (Å²) in [6.45, 7) is 5.51. The Morgan fingerprint density at radius 3 is 2.76 bits per heavy atom. The summed E-state index contributed by atoms with van der Waals surface area (Å²) in [6.07, 6.45) is 0.527. The van der Waals surface area contributed by atoms with Gasteiger partial charge in [0.1, 0.15) is 0 Å². The van der Waals surface area contributed by atoms with E-state index in [0.717, 1.165) is 22.2 Å². The van der Waals surface area contributed by atoms with Gasteiger partial charge in [0.2, 0.25) is 0 Å². The van der Waals surface area contributed by atoms with Gasteiger partial charge in [-0.05, 0) is 44.2 Å². The van der Waals surface area contributed by atoms with E-state index in [2.05, 4.69) is 11.1 Å². The fourth-order valence-electron chi connectivity index (χ4n) is 2.06. The highest BCUT2D eigenvalue weighted by atomic mass is 16.4. The van der Waals surface area contributed by atoms with E-state index in [1.54, 1.807) is 13.8 Å². The van der Waals surface area contributed by atoms with Crippen molar-refractivity contribution in [3.63, 3.8) is 0 Å². The Morgan fingerprint density at radius 1 is 1.41 bits per heavy atom. The predicted molar refractivity (Wildman–Crippen MR) is 68.2 cm³/mol. The van der Waals surface area contributed by atoms with Gasteiger partial charge in [0.25, 0.3) is 0 Å². The molecule has 2 N–H and O–H groups in total. The number of aromatic amines is 1. The van der Waals surface area contributed by atoms with Crippen LogP contribution in [0, 0.1) is 12.3 Å². The monoisotopic (exact) mass is 231 g/mol. The highest BCUT2D eigenvalue weighted by molar-refractivity contribution is 5.84. The van der Waals surface area contributed by atoms with Crippen LogP contribution in [-0.2, 0) is 11.2 Å². The molecule has 0 atom stereocenters. The summed E-state index contributed by atoms with van der Waals surface area (Å²) in [5.74, 6) is -0.766. The zero-order valence-electron chi connectivity index (χ0n) is 10.4. The zero-order chi connectivity index (χ0) is 12.6. The lowest BCUT2D eigenvalue weighted by Crippen LogP contribution is -2.26. The number of benzene rings is 1. The summed E-state index contributed by atoms with van der Waals surface area (Å²) in [5, 5.41) is 10.3. The minimum atomic E-state index is -0.766. The molecule has 0 aliphatic heterocycles. The standard InChI is InChI=1S/C14H17NO2/c1-9-7-10-5-4-6-11(12(10)15-9)8-14(2,3)13(16)17/h4-7,15H,8H2,1-3H3,(H,16,17). The lowest BCUT2D eigenvalue weighted by atomic mass is 9.85. The Hall–Kier alpha value is -1.77. The van der Waals surface area contributed by atoms with Crippen LogP contribution in [0.1, 0.15) is 25.1 Å². The molecule has 3 heteroatoms. The second-order valence-corrected chi connectivity index (χ2v) is 5.20. The summed E-state index contributed by atoms with van der Waals surface area (Å²) >= 11 is 0. The first-order valence-electron chi connectivity index (χ1n) is 5.71. The average Bonchev–Trinajstić information content (AvgIpc) is 2.59. The second kappa shape index (κ2) is 3.91. The number of aryl methyl sites for hydroxylation is 1. The van der Waals surface area contributed by atoms with Crippen LogP contribution in [-0.4, -0.2) is 16.1 Å². The van der Waals surface area contributed by atoms with Crippen LogP contribution in [0.5, 0.6) is 0 Å². The Morgan fingerprint density at radius 2 is 2.12 bits per heavy atom. The smallest absolute Gasteiger partial charge is 0.309 e. The number of aromatic nitrogens is 1. The number of fused-ring (bicyclic) bond motifs is 1. The van der Waals surface area contributed by atoms with Crippen molar-refractivity contribution in [2.24, 2.45) is 5.41 Å². The molecule has 0 fully saturated rings. The summed E-state index contributed by atoms with van der Waals surface area (Å²) in [6, 6.07) is 8.08. The molecule has 0 bridgehead atoms. The van der Waals surface area contributed by atoms with Crippen molar-refractivity contribution < 1.29 is 9.90 Å². The van der Waals surface area contributed by atoms with Crippen LogP contribution >= 0.6 is 0 Å². The molecule has 0 unspecified atom stereocenters. The van der Waals surface area contributed by atoms with E-state index < -0.39 is 11.4 Å². The highest BCUT2D eigenvalue weighted by Gasteiger charge is 2.28. The first-order chi connectivity index (χ1) is 7.90. The molecule has 1 heterocycles. The van der Waals surface area contributed by atoms with Gasteiger partial charge in [-0.25, -0.2) is 0 Å². The molecule has 0 saturated carbocycles. The molecule has 2 rings (SSSR count). The lowest BCUT2D eigenvalue weighted by molar-refractivity contribution is -0.146. The summed E-state index contributed by atoms with van der Waals surface area (Å²) in [7, 11) is 0. The molecular weight excluding hydrogens is 214 g/mol.